The molecule has 0 saturated carbocycles. The largest absolute Gasteiger partial charge is 0.337 e. The van der Waals surface area contributed by atoms with E-state index in [1.54, 1.807) is 30.3 Å². The summed E-state index contributed by atoms with van der Waals surface area (Å²) < 4.78 is 16.8. The fourth-order valence-corrected chi connectivity index (χ4v) is 4.87. The summed E-state index contributed by atoms with van der Waals surface area (Å²) in [6.07, 6.45) is 3.71. The molecule has 1 saturated heterocycles. The number of carbonyl (C=O) groups is 3. The van der Waals surface area contributed by atoms with E-state index in [9.17, 15) is 18.6 Å². The van der Waals surface area contributed by atoms with Gasteiger partial charge < -0.3 is 14.9 Å². The van der Waals surface area contributed by atoms with Crippen molar-refractivity contribution in [2.75, 3.05) is 29.9 Å². The lowest BCUT2D eigenvalue weighted by atomic mass is 9.95. The molecule has 1 aliphatic heterocycles. The molecule has 158 valence electrons. The number of hydrogen-bond acceptors (Lipinski definition) is 6. The van der Waals surface area contributed by atoms with Crippen LogP contribution in [0.1, 0.15) is 28.4 Å². The van der Waals surface area contributed by atoms with Gasteiger partial charge in [-0.1, -0.05) is 17.9 Å². The molecule has 0 atom stereocenters. The molecule has 1 aliphatic rings. The molecule has 2 heterocycles. The minimum absolute atomic E-state index is 0.169. The molecule has 0 bridgehead atoms. The summed E-state index contributed by atoms with van der Waals surface area (Å²) in [6, 6.07) is 8.65. The lowest BCUT2D eigenvalue weighted by molar-refractivity contribution is -0.114. The molecule has 0 aliphatic carbocycles. The van der Waals surface area contributed by atoms with E-state index < -0.39 is 15.6 Å². The molecule has 2 aromatic rings. The molecule has 1 aromatic heterocycles. The highest BCUT2D eigenvalue weighted by Crippen LogP contribution is 2.12. The van der Waals surface area contributed by atoms with Crippen molar-refractivity contribution in [1.82, 2.24) is 9.79 Å². The van der Waals surface area contributed by atoms with Gasteiger partial charge in [0.05, 0.1) is 21.5 Å². The van der Waals surface area contributed by atoms with E-state index in [-0.39, 0.29) is 23.0 Å². The summed E-state index contributed by atoms with van der Waals surface area (Å²) in [4.78, 5) is 40.3. The molecular formula is C21H21BN4O4S. The van der Waals surface area contributed by atoms with Crippen LogP contribution in [0.15, 0.2) is 47.1 Å². The number of aromatic nitrogens is 1. The zero-order chi connectivity index (χ0) is 22.3. The van der Waals surface area contributed by atoms with Crippen LogP contribution in [-0.4, -0.2) is 64.0 Å². The van der Waals surface area contributed by atoms with Gasteiger partial charge in [-0.25, -0.2) is 4.21 Å². The average molecular weight is 436 g/mol. The van der Waals surface area contributed by atoms with Crippen molar-refractivity contribution in [2.45, 2.75) is 6.92 Å². The Bertz CT molecular complexity index is 1180. The lowest BCUT2D eigenvalue weighted by Crippen LogP contribution is -2.42. The Balaban J connectivity index is 1.75. The molecule has 0 spiro atoms. The maximum Gasteiger partial charge on any atom is 0.286 e. The summed E-state index contributed by atoms with van der Waals surface area (Å²) in [5.41, 5.74) is 2.07. The number of nitrogens with zero attached hydrogens (tertiary/aromatic N) is 3. The average Bonchev–Trinajstić information content (AvgIpc) is 2.74. The molecule has 1 fully saturated rings. The summed E-state index contributed by atoms with van der Waals surface area (Å²) >= 11 is 0. The zero-order valence-electron chi connectivity index (χ0n) is 17.0. The lowest BCUT2D eigenvalue weighted by Gasteiger charge is -2.26. The van der Waals surface area contributed by atoms with Gasteiger partial charge in [-0.2, -0.15) is 4.36 Å². The smallest absolute Gasteiger partial charge is 0.286 e. The number of pyridine rings is 1. The van der Waals surface area contributed by atoms with Crippen molar-refractivity contribution in [3.8, 4) is 11.8 Å². The number of anilines is 1. The third kappa shape index (κ3) is 6.60. The van der Waals surface area contributed by atoms with Crippen LogP contribution in [0.2, 0.25) is 0 Å². The topological polar surface area (TPSA) is 109 Å². The first kappa shape index (κ1) is 22.4. The van der Waals surface area contributed by atoms with E-state index in [1.807, 2.05) is 4.81 Å². The Hall–Kier alpha value is -3.29. The first-order valence-corrected chi connectivity index (χ1v) is 11.5. The fraction of sp³-hybridized carbons (Fsp3) is 0.238. The van der Waals surface area contributed by atoms with Crippen LogP contribution in [0.5, 0.6) is 0 Å². The maximum absolute atomic E-state index is 12.9. The molecule has 31 heavy (non-hydrogen) atoms. The monoisotopic (exact) mass is 436 g/mol. The van der Waals surface area contributed by atoms with Crippen molar-refractivity contribution in [3.63, 3.8) is 0 Å². The quantitative estimate of drug-likeness (QED) is 0.434. The van der Waals surface area contributed by atoms with E-state index in [0.29, 0.717) is 37.3 Å². The van der Waals surface area contributed by atoms with Crippen molar-refractivity contribution >= 4 is 40.8 Å². The Morgan fingerprint density at radius 2 is 1.94 bits per heavy atom. The van der Waals surface area contributed by atoms with Crippen LogP contribution < -0.4 is 5.32 Å². The highest BCUT2D eigenvalue weighted by atomic mass is 32.2. The van der Waals surface area contributed by atoms with Gasteiger partial charge in [0.25, 0.3) is 13.3 Å². The molecule has 0 radical (unpaired) electrons. The second-order valence-electron chi connectivity index (χ2n) is 7.02. The number of nitrogens with one attached hydrogen (secondary N) is 1. The first-order valence-electron chi connectivity index (χ1n) is 9.64. The second kappa shape index (κ2) is 10.2. The first-order chi connectivity index (χ1) is 14.9. The van der Waals surface area contributed by atoms with Gasteiger partial charge in [0.15, 0.2) is 0 Å². The van der Waals surface area contributed by atoms with Crippen LogP contribution in [0, 0.1) is 11.8 Å². The molecule has 0 unspecified atom stereocenters. The molecule has 1 aromatic carbocycles. The third-order valence-electron chi connectivity index (χ3n) is 4.55. The zero-order valence-corrected chi connectivity index (χ0v) is 17.9. The van der Waals surface area contributed by atoms with Gasteiger partial charge >= 0.3 is 0 Å². The number of rotatable bonds is 4. The molecule has 2 amide bonds. The Morgan fingerprint density at radius 3 is 2.65 bits per heavy atom. The number of amides is 2. The van der Waals surface area contributed by atoms with E-state index in [0.717, 1.165) is 6.19 Å². The number of carbonyl (C=O) groups excluding carboxylic acids is 3. The van der Waals surface area contributed by atoms with Crippen molar-refractivity contribution < 1.29 is 18.6 Å². The number of hydrogen-bond donors (Lipinski definition) is 1. The Labute approximate surface area is 181 Å². The third-order valence-corrected chi connectivity index (χ3v) is 6.69. The number of benzene rings is 1. The van der Waals surface area contributed by atoms with Gasteiger partial charge in [-0.05, 0) is 37.4 Å². The van der Waals surface area contributed by atoms with Crippen LogP contribution in [-0.2, 0) is 19.3 Å². The predicted molar refractivity (Wildman–Crippen MR) is 121 cm³/mol. The van der Waals surface area contributed by atoms with Gasteiger partial charge in [-0.3, -0.25) is 14.6 Å². The van der Waals surface area contributed by atoms with Crippen molar-refractivity contribution in [2.24, 2.45) is 4.36 Å². The maximum atomic E-state index is 12.9. The highest BCUT2D eigenvalue weighted by molar-refractivity contribution is 7.94. The van der Waals surface area contributed by atoms with E-state index in [1.165, 1.54) is 19.3 Å². The predicted octanol–water partition coefficient (Wildman–Crippen LogP) is 0.905. The molecule has 3 rings (SSSR count). The van der Waals surface area contributed by atoms with Crippen molar-refractivity contribution in [3.05, 3.63) is 59.4 Å². The van der Waals surface area contributed by atoms with Crippen molar-refractivity contribution in [1.29, 1.82) is 0 Å². The van der Waals surface area contributed by atoms with Gasteiger partial charge in [0, 0.05) is 47.6 Å². The molecular weight excluding hydrogens is 415 g/mol. The SMILES string of the molecule is CC(=O)Nc1cccc(C#Cc2cncc(C(=O)N=S3(=O)CCN(BC=O)CC3)c2)c1. The van der Waals surface area contributed by atoms with Crippen LogP contribution in [0.3, 0.4) is 0 Å². The van der Waals surface area contributed by atoms with Crippen LogP contribution in [0.25, 0.3) is 0 Å². The Kier molecular flexibility index (Phi) is 7.34. The summed E-state index contributed by atoms with van der Waals surface area (Å²) in [6.45, 7) is 2.37. The van der Waals surface area contributed by atoms with Crippen LogP contribution in [0.4, 0.5) is 5.69 Å². The van der Waals surface area contributed by atoms with E-state index >= 15 is 0 Å². The summed E-state index contributed by atoms with van der Waals surface area (Å²) in [5, 5.41) is 2.70. The fourth-order valence-electron chi connectivity index (χ4n) is 2.99. The van der Waals surface area contributed by atoms with E-state index in [4.69, 9.17) is 0 Å². The second-order valence-corrected chi connectivity index (χ2v) is 9.56. The summed E-state index contributed by atoms with van der Waals surface area (Å²) in [5.74, 6) is 5.67. The van der Waals surface area contributed by atoms with Crippen LogP contribution >= 0.6 is 0 Å². The van der Waals surface area contributed by atoms with Gasteiger partial charge in [0.1, 0.15) is 0 Å². The van der Waals surface area contributed by atoms with E-state index in [2.05, 4.69) is 26.5 Å². The standard InChI is InChI=1S/C21H21BN4O4S/c1-16(28)24-20-4-2-3-17(12-20)5-6-18-11-19(14-23-13-18)21(29)25-31(30)9-7-26(8-10-31)22-15-27/h2-4,11-15,22H,7-10H2,1H3,(H,24,28). The highest BCUT2D eigenvalue weighted by Gasteiger charge is 2.22. The molecule has 10 heteroatoms. The Morgan fingerprint density at radius 1 is 1.19 bits per heavy atom. The molecule has 8 nitrogen and oxygen atoms in total. The van der Waals surface area contributed by atoms with Gasteiger partial charge in [0.2, 0.25) is 5.91 Å². The molecule has 1 N–H and O–H groups in total. The van der Waals surface area contributed by atoms with Gasteiger partial charge in [-0.15, -0.1) is 0 Å². The summed E-state index contributed by atoms with van der Waals surface area (Å²) in [7, 11) is -2.36. The minimum Gasteiger partial charge on any atom is -0.337 e. The normalized spacial score (nSPS) is 15.1. The minimum atomic E-state index is -2.65.